The van der Waals surface area contributed by atoms with E-state index < -0.39 is 0 Å². The molecule has 0 aliphatic rings. The van der Waals surface area contributed by atoms with E-state index in [1.54, 1.807) is 0 Å². The first-order chi connectivity index (χ1) is 15.0. The molecule has 0 bridgehead atoms. The van der Waals surface area contributed by atoms with Crippen LogP contribution in [0.15, 0.2) is 73.1 Å². The third-order valence-electron chi connectivity index (χ3n) is 5.87. The van der Waals surface area contributed by atoms with Gasteiger partial charge in [0.05, 0.1) is 5.69 Å². The Balaban J connectivity index is 0.00000132. The van der Waals surface area contributed by atoms with Gasteiger partial charge >= 0.3 is 25.2 Å². The molecule has 0 saturated heterocycles. The second-order valence-corrected chi connectivity index (χ2v) is 8.51. The SMILES string of the molecule is CC(C)c1cccc(C(C)C)c1-n1[c-][n+]([C@H](C)c2cccc3ccccc23)cc1.[Cl][Cu+]. The van der Waals surface area contributed by atoms with Crippen molar-refractivity contribution in [3.05, 3.63) is 96.1 Å². The first-order valence-corrected chi connectivity index (χ1v) is 12.0. The van der Waals surface area contributed by atoms with Crippen molar-refractivity contribution in [2.24, 2.45) is 0 Å². The van der Waals surface area contributed by atoms with E-state index in [0.717, 1.165) is 0 Å². The molecule has 165 valence electrons. The average molecular weight is 482 g/mol. The van der Waals surface area contributed by atoms with Crippen LogP contribution in [-0.2, 0) is 15.1 Å². The Morgan fingerprint density at radius 1 is 0.774 bits per heavy atom. The van der Waals surface area contributed by atoms with Gasteiger partial charge in [-0.3, -0.25) is 0 Å². The van der Waals surface area contributed by atoms with Gasteiger partial charge in [-0.25, -0.2) is 0 Å². The fourth-order valence-electron chi connectivity index (χ4n) is 4.22. The first-order valence-electron chi connectivity index (χ1n) is 10.7. The van der Waals surface area contributed by atoms with Crippen LogP contribution in [-0.4, -0.2) is 4.57 Å². The minimum atomic E-state index is 0.205. The number of rotatable bonds is 5. The van der Waals surface area contributed by atoms with Crippen LogP contribution in [0.25, 0.3) is 16.5 Å². The van der Waals surface area contributed by atoms with Crippen LogP contribution in [0, 0.1) is 6.33 Å². The van der Waals surface area contributed by atoms with E-state index >= 15 is 0 Å². The van der Waals surface area contributed by atoms with E-state index in [1.807, 2.05) is 0 Å². The number of para-hydroxylation sites is 1. The van der Waals surface area contributed by atoms with Crippen molar-refractivity contribution in [2.75, 3.05) is 0 Å². The number of hydrogen-bond acceptors (Lipinski definition) is 0. The Morgan fingerprint density at radius 2 is 1.32 bits per heavy atom. The van der Waals surface area contributed by atoms with Crippen LogP contribution in [0.5, 0.6) is 0 Å². The van der Waals surface area contributed by atoms with Crippen molar-refractivity contribution in [2.45, 2.75) is 52.5 Å². The summed E-state index contributed by atoms with van der Waals surface area (Å²) in [5, 5.41) is 2.59. The number of imidazole rings is 1. The monoisotopic (exact) mass is 480 g/mol. The second kappa shape index (κ2) is 10.5. The maximum absolute atomic E-state index is 4.20. The Morgan fingerprint density at radius 3 is 1.97 bits per heavy atom. The number of aromatic nitrogens is 2. The summed E-state index contributed by atoms with van der Waals surface area (Å²) in [5.74, 6) is 0.923. The van der Waals surface area contributed by atoms with Crippen LogP contribution in [0.2, 0.25) is 0 Å². The third kappa shape index (κ3) is 4.90. The van der Waals surface area contributed by atoms with Gasteiger partial charge in [0.25, 0.3) is 0 Å². The van der Waals surface area contributed by atoms with Crippen LogP contribution in [0.3, 0.4) is 0 Å². The number of nitrogens with zero attached hydrogens (tertiary/aromatic N) is 2. The normalized spacial score (nSPS) is 12.2. The molecule has 0 amide bonds. The van der Waals surface area contributed by atoms with Crippen LogP contribution >= 0.6 is 10.1 Å². The fraction of sp³-hybridized carbons (Fsp3) is 0.296. The number of benzene rings is 3. The molecular formula is C27H30ClCuN2+. The van der Waals surface area contributed by atoms with Crippen molar-refractivity contribution in [1.29, 1.82) is 0 Å². The van der Waals surface area contributed by atoms with Gasteiger partial charge in [-0.2, -0.15) is 0 Å². The summed E-state index contributed by atoms with van der Waals surface area (Å²) in [6.45, 7) is 11.3. The zero-order chi connectivity index (χ0) is 22.5. The van der Waals surface area contributed by atoms with E-state index in [4.69, 9.17) is 0 Å². The summed E-state index contributed by atoms with van der Waals surface area (Å²) in [6.07, 6.45) is 7.91. The summed E-state index contributed by atoms with van der Waals surface area (Å²) in [7, 11) is 4.20. The van der Waals surface area contributed by atoms with Crippen molar-refractivity contribution >= 4 is 20.9 Å². The molecule has 0 unspecified atom stereocenters. The predicted molar refractivity (Wildman–Crippen MR) is 127 cm³/mol. The standard InChI is InChI=1S/C27H30N2.ClH.Cu/c1-19(2)23-13-9-14-24(20(3)4)27(23)29-17-16-28(18-29)21(5)25-15-8-11-22-10-6-7-12-26(22)25;;/h6-17,19-21H,1-5H3;1H;/q;;+2/p-1/t21-;;/m1../s1. The van der Waals surface area contributed by atoms with Crippen molar-refractivity contribution < 1.29 is 19.7 Å². The third-order valence-corrected chi connectivity index (χ3v) is 5.87. The molecular weight excluding hydrogens is 451 g/mol. The van der Waals surface area contributed by atoms with Gasteiger partial charge < -0.3 is 9.13 Å². The Bertz CT molecular complexity index is 1120. The molecule has 0 aliphatic heterocycles. The van der Waals surface area contributed by atoms with Gasteiger partial charge in [-0.1, -0.05) is 88.4 Å². The molecule has 0 spiro atoms. The molecule has 4 heteroatoms. The van der Waals surface area contributed by atoms with E-state index in [-0.39, 0.29) is 6.04 Å². The molecule has 1 atom stereocenters. The number of hydrogen-bond donors (Lipinski definition) is 0. The first kappa shape index (κ1) is 23.6. The van der Waals surface area contributed by atoms with Crippen molar-refractivity contribution in [3.8, 4) is 5.69 Å². The summed E-state index contributed by atoms with van der Waals surface area (Å²) < 4.78 is 4.38. The summed E-state index contributed by atoms with van der Waals surface area (Å²) in [6, 6.07) is 22.1. The topological polar surface area (TPSA) is 8.81 Å². The molecule has 2 nitrogen and oxygen atoms in total. The number of halogens is 1. The van der Waals surface area contributed by atoms with E-state index in [9.17, 15) is 0 Å². The Labute approximate surface area is 198 Å². The van der Waals surface area contributed by atoms with Gasteiger partial charge in [0.1, 0.15) is 6.04 Å². The van der Waals surface area contributed by atoms with E-state index in [0.29, 0.717) is 11.8 Å². The Hall–Kier alpha value is -2.06. The molecule has 31 heavy (non-hydrogen) atoms. The van der Waals surface area contributed by atoms with Gasteiger partial charge in [-0.05, 0) is 40.7 Å². The molecule has 1 heterocycles. The van der Waals surface area contributed by atoms with E-state index in [1.165, 1.54) is 33.2 Å². The fourth-order valence-corrected chi connectivity index (χ4v) is 4.22. The molecule has 1 aromatic heterocycles. The summed E-state index contributed by atoms with van der Waals surface area (Å²) in [4.78, 5) is 0. The van der Waals surface area contributed by atoms with Crippen molar-refractivity contribution in [3.63, 3.8) is 0 Å². The molecule has 0 aliphatic carbocycles. The average Bonchev–Trinajstić information content (AvgIpc) is 3.29. The second-order valence-electron chi connectivity index (χ2n) is 8.51. The van der Waals surface area contributed by atoms with Crippen LogP contribution < -0.4 is 4.57 Å². The molecule has 0 N–H and O–H groups in total. The molecule has 4 aromatic rings. The minimum absolute atomic E-state index is 0.205. The zero-order valence-corrected chi connectivity index (χ0v) is 20.4. The van der Waals surface area contributed by atoms with Crippen LogP contribution in [0.4, 0.5) is 0 Å². The zero-order valence-electron chi connectivity index (χ0n) is 18.7. The Kier molecular flexibility index (Phi) is 8.00. The summed E-state index contributed by atoms with van der Waals surface area (Å²) in [5.41, 5.74) is 5.34. The van der Waals surface area contributed by atoms with Gasteiger partial charge in [-0.15, -0.1) is 0 Å². The molecule has 0 saturated carbocycles. The summed E-state index contributed by atoms with van der Waals surface area (Å²) >= 11 is 3.66. The predicted octanol–water partition coefficient (Wildman–Crippen LogP) is 7.26. The molecule has 0 fully saturated rings. The molecule has 4 rings (SSSR count). The van der Waals surface area contributed by atoms with Gasteiger partial charge in [0, 0.05) is 18.0 Å². The van der Waals surface area contributed by atoms with Gasteiger partial charge in [0.15, 0.2) is 0 Å². The van der Waals surface area contributed by atoms with E-state index in [2.05, 4.69) is 148 Å². The number of fused-ring (bicyclic) bond motifs is 1. The molecule has 0 radical (unpaired) electrons. The van der Waals surface area contributed by atoms with Crippen LogP contribution in [0.1, 0.15) is 69.2 Å². The maximum atomic E-state index is 4.20. The van der Waals surface area contributed by atoms with Gasteiger partial charge in [0.2, 0.25) is 6.33 Å². The molecule has 3 aromatic carbocycles. The van der Waals surface area contributed by atoms with Crippen molar-refractivity contribution in [1.82, 2.24) is 4.57 Å². The quantitative estimate of drug-likeness (QED) is 0.161.